The first kappa shape index (κ1) is 7.77. The van der Waals surface area contributed by atoms with Gasteiger partial charge >= 0.3 is 6.09 Å². The fraction of sp³-hybridized carbons (Fsp3) is 0.800. The van der Waals surface area contributed by atoms with Gasteiger partial charge in [0.2, 0.25) is 0 Å². The minimum absolute atomic E-state index is 0.0623. The number of hydrogen-bond acceptors (Lipinski definition) is 4. The lowest BCUT2D eigenvalue weighted by Gasteiger charge is -2.16. The molecule has 0 spiro atoms. The number of hydrogen-bond donors (Lipinski definition) is 0. The predicted octanol–water partition coefficient (Wildman–Crippen LogP) is 0.409. The number of cyclic esters (lactones) is 1. The van der Waals surface area contributed by atoms with E-state index >= 15 is 0 Å². The molecule has 62 valence electrons. The summed E-state index contributed by atoms with van der Waals surface area (Å²) < 4.78 is 4.49. The Morgan fingerprint density at radius 3 is 2.45 bits per heavy atom. The van der Waals surface area contributed by atoms with Crippen molar-refractivity contribution in [1.82, 2.24) is 5.01 Å². The molecule has 1 aliphatic rings. The smallest absolute Gasteiger partial charge is 0.443 e. The monoisotopic (exact) mass is 160 g/mol. The van der Waals surface area contributed by atoms with Gasteiger partial charge in [-0.25, -0.2) is 14.9 Å². The lowest BCUT2D eigenvalue weighted by molar-refractivity contribution is -0.645. The molecule has 0 atom stereocenters. The maximum atomic E-state index is 10.7. The van der Waals surface area contributed by atoms with Crippen molar-refractivity contribution in [1.29, 1.82) is 0 Å². The van der Waals surface area contributed by atoms with Gasteiger partial charge in [0, 0.05) is 0 Å². The number of carbonyl (C=O) groups excluding carboxylic acids is 1. The third-order valence-corrected chi connectivity index (χ3v) is 1.46. The highest BCUT2D eigenvalue weighted by atomic mass is 16.7. The van der Waals surface area contributed by atoms with E-state index in [-0.39, 0.29) is 6.61 Å². The summed E-state index contributed by atoms with van der Waals surface area (Å²) in [5, 5.41) is 10.00. The Balaban J connectivity index is 2.89. The number of rotatable bonds is 1. The van der Waals surface area contributed by atoms with Gasteiger partial charge in [0.05, 0.1) is 0 Å². The second-order valence-electron chi connectivity index (χ2n) is 2.92. The molecule has 0 aromatic rings. The van der Waals surface area contributed by atoms with Crippen LogP contribution in [-0.4, -0.2) is 28.3 Å². The van der Waals surface area contributed by atoms with Crippen LogP contribution in [0, 0.1) is 10.1 Å². The molecule has 1 fully saturated rings. The Hall–Kier alpha value is -1.33. The molecule has 0 bridgehead atoms. The second kappa shape index (κ2) is 2.08. The van der Waals surface area contributed by atoms with Gasteiger partial charge in [-0.15, -0.1) is 0 Å². The molecule has 0 aromatic carbocycles. The predicted molar refractivity (Wildman–Crippen MR) is 34.3 cm³/mol. The van der Waals surface area contributed by atoms with Gasteiger partial charge in [-0.2, -0.15) is 0 Å². The molecule has 0 aliphatic carbocycles. The normalized spacial score (nSPS) is 21.6. The third-order valence-electron chi connectivity index (χ3n) is 1.46. The van der Waals surface area contributed by atoms with Crippen LogP contribution in [0.3, 0.4) is 0 Å². The first-order valence-corrected chi connectivity index (χ1v) is 3.06. The van der Waals surface area contributed by atoms with Crippen LogP contribution in [-0.2, 0) is 4.74 Å². The van der Waals surface area contributed by atoms with E-state index in [1.165, 1.54) is 0 Å². The van der Waals surface area contributed by atoms with E-state index in [0.29, 0.717) is 5.01 Å². The third kappa shape index (κ3) is 1.11. The van der Waals surface area contributed by atoms with Crippen molar-refractivity contribution < 1.29 is 14.6 Å². The van der Waals surface area contributed by atoms with Gasteiger partial charge < -0.3 is 4.74 Å². The molecule has 6 nitrogen and oxygen atoms in total. The Morgan fingerprint density at radius 2 is 2.27 bits per heavy atom. The van der Waals surface area contributed by atoms with Gasteiger partial charge in [0.1, 0.15) is 12.1 Å². The zero-order valence-electron chi connectivity index (χ0n) is 6.23. The van der Waals surface area contributed by atoms with Gasteiger partial charge in [-0.1, -0.05) is 0 Å². The van der Waals surface area contributed by atoms with Crippen LogP contribution in [0.15, 0.2) is 0 Å². The SMILES string of the molecule is CC1(C)COC(=O)N1[N+](=O)[O-]. The Kier molecular flexibility index (Phi) is 1.47. The molecule has 0 saturated carbocycles. The van der Waals surface area contributed by atoms with E-state index in [9.17, 15) is 14.9 Å². The van der Waals surface area contributed by atoms with Crippen molar-refractivity contribution in [3.63, 3.8) is 0 Å². The maximum Gasteiger partial charge on any atom is 0.468 e. The van der Waals surface area contributed by atoms with Crippen molar-refractivity contribution in [3.8, 4) is 0 Å². The minimum Gasteiger partial charge on any atom is -0.443 e. The molecule has 1 aliphatic heterocycles. The molecule has 1 saturated heterocycles. The van der Waals surface area contributed by atoms with E-state index in [2.05, 4.69) is 4.74 Å². The molecule has 0 aromatic heterocycles. The molecule has 6 heteroatoms. The first-order valence-electron chi connectivity index (χ1n) is 3.06. The lowest BCUT2D eigenvalue weighted by atomic mass is 10.1. The summed E-state index contributed by atoms with van der Waals surface area (Å²) in [5.74, 6) is 0. The van der Waals surface area contributed by atoms with Crippen LogP contribution in [0.5, 0.6) is 0 Å². The van der Waals surface area contributed by atoms with Crippen LogP contribution in [0.2, 0.25) is 0 Å². The van der Waals surface area contributed by atoms with Gasteiger partial charge in [0.25, 0.3) is 0 Å². The quantitative estimate of drug-likeness (QED) is 0.411. The first-order chi connectivity index (χ1) is 4.95. The van der Waals surface area contributed by atoms with E-state index in [0.717, 1.165) is 0 Å². The van der Waals surface area contributed by atoms with Crippen molar-refractivity contribution in [3.05, 3.63) is 10.1 Å². The van der Waals surface area contributed by atoms with Crippen LogP contribution in [0.1, 0.15) is 13.8 Å². The number of amides is 1. The highest BCUT2D eigenvalue weighted by molar-refractivity contribution is 5.69. The van der Waals surface area contributed by atoms with Crippen LogP contribution in [0.4, 0.5) is 4.79 Å². The minimum atomic E-state index is -0.889. The Morgan fingerprint density at radius 1 is 1.73 bits per heavy atom. The second-order valence-corrected chi connectivity index (χ2v) is 2.92. The zero-order chi connectivity index (χ0) is 8.65. The fourth-order valence-corrected chi connectivity index (χ4v) is 0.895. The van der Waals surface area contributed by atoms with Crippen molar-refractivity contribution in [2.45, 2.75) is 19.4 Å². The summed E-state index contributed by atoms with van der Waals surface area (Å²) in [6.45, 7) is 3.20. The molecule has 1 rings (SSSR count). The van der Waals surface area contributed by atoms with E-state index in [4.69, 9.17) is 0 Å². The number of carbonyl (C=O) groups is 1. The van der Waals surface area contributed by atoms with Gasteiger partial charge in [0.15, 0.2) is 5.03 Å². The molecular formula is C5H8N2O4. The Bertz CT molecular complexity index is 213. The van der Waals surface area contributed by atoms with Gasteiger partial charge in [-0.05, 0) is 18.9 Å². The average molecular weight is 160 g/mol. The molecule has 11 heavy (non-hydrogen) atoms. The Labute approximate surface area is 62.9 Å². The zero-order valence-corrected chi connectivity index (χ0v) is 6.23. The fourth-order valence-electron chi connectivity index (χ4n) is 0.895. The standard InChI is InChI=1S/C5H8N2O4/c1-5(2)3-11-4(8)6(5)7(9)10/h3H2,1-2H3. The summed E-state index contributed by atoms with van der Waals surface area (Å²) in [4.78, 5) is 21.0. The highest BCUT2D eigenvalue weighted by Crippen LogP contribution is 2.22. The lowest BCUT2D eigenvalue weighted by Crippen LogP contribution is -2.45. The van der Waals surface area contributed by atoms with Crippen LogP contribution >= 0.6 is 0 Å². The summed E-state index contributed by atoms with van der Waals surface area (Å²) in [5.41, 5.74) is -0.833. The van der Waals surface area contributed by atoms with Crippen molar-refractivity contribution >= 4 is 6.09 Å². The number of nitrogens with zero attached hydrogens (tertiary/aromatic N) is 2. The summed E-state index contributed by atoms with van der Waals surface area (Å²) in [7, 11) is 0. The largest absolute Gasteiger partial charge is 0.468 e. The molecule has 1 amide bonds. The summed E-state index contributed by atoms with van der Waals surface area (Å²) in [6.07, 6.45) is -0.889. The molecule has 1 heterocycles. The van der Waals surface area contributed by atoms with E-state index < -0.39 is 16.7 Å². The molecule has 0 N–H and O–H groups in total. The average Bonchev–Trinajstić information content (AvgIpc) is 2.06. The van der Waals surface area contributed by atoms with Crippen LogP contribution in [0.25, 0.3) is 0 Å². The summed E-state index contributed by atoms with van der Waals surface area (Å²) in [6, 6.07) is 0. The highest BCUT2D eigenvalue weighted by Gasteiger charge is 2.48. The molecule has 0 radical (unpaired) electrons. The van der Waals surface area contributed by atoms with E-state index in [1.54, 1.807) is 13.8 Å². The maximum absolute atomic E-state index is 10.7. The number of ether oxygens (including phenoxy) is 1. The van der Waals surface area contributed by atoms with Crippen molar-refractivity contribution in [2.75, 3.05) is 6.61 Å². The molecular weight excluding hydrogens is 152 g/mol. The summed E-state index contributed by atoms with van der Waals surface area (Å²) >= 11 is 0. The topological polar surface area (TPSA) is 72.7 Å². The number of hydrazine groups is 1. The number of nitro groups is 1. The van der Waals surface area contributed by atoms with Crippen LogP contribution < -0.4 is 0 Å². The van der Waals surface area contributed by atoms with Crippen molar-refractivity contribution in [2.24, 2.45) is 0 Å². The van der Waals surface area contributed by atoms with Gasteiger partial charge in [-0.3, -0.25) is 0 Å². The molecule has 0 unspecified atom stereocenters. The van der Waals surface area contributed by atoms with E-state index in [1.807, 2.05) is 0 Å².